The van der Waals surface area contributed by atoms with E-state index in [1.807, 2.05) is 0 Å². The second-order valence-electron chi connectivity index (χ2n) is 10.1. The van der Waals surface area contributed by atoms with Crippen LogP contribution in [0.4, 0.5) is 0 Å². The van der Waals surface area contributed by atoms with E-state index in [1.54, 1.807) is 0 Å². The van der Waals surface area contributed by atoms with Crippen LogP contribution in [0.3, 0.4) is 0 Å². The van der Waals surface area contributed by atoms with Gasteiger partial charge in [0.2, 0.25) is 0 Å². The molecule has 2 unspecified atom stereocenters. The summed E-state index contributed by atoms with van der Waals surface area (Å²) in [5.74, 6) is 1.56. The molecule has 1 saturated heterocycles. The minimum absolute atomic E-state index is 0.0116. The van der Waals surface area contributed by atoms with Gasteiger partial charge in [0.05, 0.1) is 24.4 Å². The Balaban J connectivity index is 1.82. The standard InChI is InChI=1S/C20H34O3/c1-12-6-7-13-16-17-19(4,8-5-9-20(17,22)11-23-16)10-14(21)15(12)18(13,2)3/h12-17,21-22H,5-11H2,1-4H3/t12-,13-,14?,15-,16?,17+,19+,20+/m1/s1. The van der Waals surface area contributed by atoms with Crippen LogP contribution < -0.4 is 0 Å². The smallest absolute Gasteiger partial charge is 0.0938 e. The first-order valence-corrected chi connectivity index (χ1v) is 9.71. The molecule has 1 aliphatic heterocycles. The number of hydrogen-bond donors (Lipinski definition) is 2. The molecule has 3 saturated carbocycles. The van der Waals surface area contributed by atoms with Gasteiger partial charge in [-0.1, -0.05) is 27.7 Å². The van der Waals surface area contributed by atoms with E-state index in [9.17, 15) is 10.2 Å². The molecule has 132 valence electrons. The molecule has 3 aliphatic carbocycles. The average molecular weight is 322 g/mol. The Morgan fingerprint density at radius 3 is 2.57 bits per heavy atom. The fourth-order valence-corrected chi connectivity index (χ4v) is 7.58. The van der Waals surface area contributed by atoms with Gasteiger partial charge in [0.15, 0.2) is 0 Å². The molecule has 8 atom stereocenters. The summed E-state index contributed by atoms with van der Waals surface area (Å²) in [6.07, 6.45) is 6.13. The number of hydrogen-bond acceptors (Lipinski definition) is 3. The fourth-order valence-electron chi connectivity index (χ4n) is 7.58. The lowest BCUT2D eigenvalue weighted by atomic mass is 9.47. The highest BCUT2D eigenvalue weighted by Crippen LogP contribution is 2.63. The number of fused-ring (bicyclic) bond motifs is 3. The summed E-state index contributed by atoms with van der Waals surface area (Å²) in [5.41, 5.74) is -0.577. The van der Waals surface area contributed by atoms with Crippen LogP contribution in [0, 0.1) is 34.5 Å². The zero-order chi connectivity index (χ0) is 16.6. The van der Waals surface area contributed by atoms with Crippen molar-refractivity contribution in [1.29, 1.82) is 0 Å². The van der Waals surface area contributed by atoms with Crippen LogP contribution in [0.15, 0.2) is 0 Å². The Hall–Kier alpha value is -0.120. The van der Waals surface area contributed by atoms with Gasteiger partial charge in [-0.15, -0.1) is 0 Å². The predicted octanol–water partition coefficient (Wildman–Crippen LogP) is 3.38. The lowest BCUT2D eigenvalue weighted by molar-refractivity contribution is -0.174. The SMILES string of the molecule is C[C@@H]1CC[C@@H]2C3OC[C@@]4(O)CCC[C@@](C)(CC(O)[C@@H]1C2(C)C)[C@H]34. The van der Waals surface area contributed by atoms with Crippen LogP contribution in [-0.4, -0.2) is 34.6 Å². The van der Waals surface area contributed by atoms with Crippen LogP contribution in [-0.2, 0) is 4.74 Å². The maximum absolute atomic E-state index is 11.3. The third-order valence-electron chi connectivity index (χ3n) is 8.39. The van der Waals surface area contributed by atoms with Crippen molar-refractivity contribution in [2.75, 3.05) is 6.61 Å². The Morgan fingerprint density at radius 2 is 1.83 bits per heavy atom. The molecule has 2 bridgehead atoms. The van der Waals surface area contributed by atoms with Gasteiger partial charge in [0, 0.05) is 5.92 Å². The monoisotopic (exact) mass is 322 g/mol. The molecule has 0 radical (unpaired) electrons. The van der Waals surface area contributed by atoms with Crippen molar-refractivity contribution >= 4 is 0 Å². The Morgan fingerprint density at radius 1 is 1.09 bits per heavy atom. The van der Waals surface area contributed by atoms with E-state index in [-0.39, 0.29) is 29.0 Å². The van der Waals surface area contributed by atoms with Crippen molar-refractivity contribution in [1.82, 2.24) is 0 Å². The first-order chi connectivity index (χ1) is 10.7. The molecule has 1 heterocycles. The lowest BCUT2D eigenvalue weighted by Gasteiger charge is -2.59. The van der Waals surface area contributed by atoms with Crippen LogP contribution in [0.25, 0.3) is 0 Å². The van der Waals surface area contributed by atoms with Gasteiger partial charge in [0.25, 0.3) is 0 Å². The van der Waals surface area contributed by atoms with Gasteiger partial charge < -0.3 is 14.9 Å². The zero-order valence-corrected chi connectivity index (χ0v) is 15.2. The number of aliphatic hydroxyl groups excluding tert-OH is 1. The van der Waals surface area contributed by atoms with Crippen LogP contribution in [0.2, 0.25) is 0 Å². The summed E-state index contributed by atoms with van der Waals surface area (Å²) in [5, 5.41) is 22.5. The topological polar surface area (TPSA) is 49.7 Å². The van der Waals surface area contributed by atoms with Gasteiger partial charge in [-0.3, -0.25) is 0 Å². The maximum Gasteiger partial charge on any atom is 0.0938 e. The van der Waals surface area contributed by atoms with Crippen molar-refractivity contribution in [2.45, 2.75) is 84.0 Å². The highest BCUT2D eigenvalue weighted by atomic mass is 16.5. The molecule has 0 spiro atoms. The molecule has 4 fully saturated rings. The van der Waals surface area contributed by atoms with Gasteiger partial charge in [0.1, 0.15) is 0 Å². The molecule has 23 heavy (non-hydrogen) atoms. The van der Waals surface area contributed by atoms with E-state index >= 15 is 0 Å². The Kier molecular flexibility index (Phi) is 3.52. The fraction of sp³-hybridized carbons (Fsp3) is 1.00. The third kappa shape index (κ3) is 2.12. The van der Waals surface area contributed by atoms with E-state index in [1.165, 1.54) is 12.8 Å². The predicted molar refractivity (Wildman–Crippen MR) is 89.9 cm³/mol. The molecule has 0 amide bonds. The number of rotatable bonds is 0. The van der Waals surface area contributed by atoms with E-state index in [4.69, 9.17) is 4.74 Å². The molecule has 2 N–H and O–H groups in total. The van der Waals surface area contributed by atoms with Crippen molar-refractivity contribution in [3.8, 4) is 0 Å². The van der Waals surface area contributed by atoms with E-state index in [2.05, 4.69) is 27.7 Å². The van der Waals surface area contributed by atoms with Gasteiger partial charge in [-0.05, 0) is 67.1 Å². The highest BCUT2D eigenvalue weighted by Gasteiger charge is 2.65. The molecule has 3 heteroatoms. The summed E-state index contributed by atoms with van der Waals surface area (Å²) in [6, 6.07) is 0. The van der Waals surface area contributed by atoms with Crippen molar-refractivity contribution in [3.05, 3.63) is 0 Å². The summed E-state index contributed by atoms with van der Waals surface area (Å²) in [4.78, 5) is 0. The Labute approximate surface area is 140 Å². The zero-order valence-electron chi connectivity index (χ0n) is 15.2. The van der Waals surface area contributed by atoms with Crippen molar-refractivity contribution < 1.29 is 14.9 Å². The molecule has 4 aliphatic rings. The molecule has 0 aromatic rings. The minimum Gasteiger partial charge on any atom is -0.393 e. The van der Waals surface area contributed by atoms with E-state index in [0.29, 0.717) is 24.4 Å². The van der Waals surface area contributed by atoms with Crippen LogP contribution in [0.1, 0.15) is 66.2 Å². The molecular formula is C20H34O3. The summed E-state index contributed by atoms with van der Waals surface area (Å²) in [7, 11) is 0. The molecule has 0 aromatic heterocycles. The average Bonchev–Trinajstić information content (AvgIpc) is 2.76. The van der Waals surface area contributed by atoms with Gasteiger partial charge >= 0.3 is 0 Å². The summed E-state index contributed by atoms with van der Waals surface area (Å²) >= 11 is 0. The normalized spacial score (nSPS) is 58.2. The number of aliphatic hydroxyl groups is 2. The lowest BCUT2D eigenvalue weighted by Crippen LogP contribution is -2.60. The van der Waals surface area contributed by atoms with Gasteiger partial charge in [-0.25, -0.2) is 0 Å². The largest absolute Gasteiger partial charge is 0.393 e. The first-order valence-electron chi connectivity index (χ1n) is 9.71. The molecular weight excluding hydrogens is 288 g/mol. The van der Waals surface area contributed by atoms with E-state index in [0.717, 1.165) is 25.7 Å². The van der Waals surface area contributed by atoms with Crippen molar-refractivity contribution in [3.63, 3.8) is 0 Å². The second kappa shape index (κ2) is 4.95. The van der Waals surface area contributed by atoms with Crippen LogP contribution >= 0.6 is 0 Å². The maximum atomic E-state index is 11.3. The van der Waals surface area contributed by atoms with E-state index < -0.39 is 5.60 Å². The van der Waals surface area contributed by atoms with Crippen molar-refractivity contribution in [2.24, 2.45) is 34.5 Å². The first kappa shape index (κ1) is 16.4. The third-order valence-corrected chi connectivity index (χ3v) is 8.39. The summed E-state index contributed by atoms with van der Waals surface area (Å²) < 4.78 is 6.33. The Bertz CT molecular complexity index is 489. The minimum atomic E-state index is -0.663. The molecule has 0 aromatic carbocycles. The summed E-state index contributed by atoms with van der Waals surface area (Å²) in [6.45, 7) is 9.81. The number of ether oxygens (including phenoxy) is 1. The molecule has 3 nitrogen and oxygen atoms in total. The molecule has 4 rings (SSSR count). The quantitative estimate of drug-likeness (QED) is 0.719. The second-order valence-corrected chi connectivity index (χ2v) is 10.1. The van der Waals surface area contributed by atoms with Gasteiger partial charge in [-0.2, -0.15) is 0 Å². The van der Waals surface area contributed by atoms with Crippen LogP contribution in [0.5, 0.6) is 0 Å². The highest BCUT2D eigenvalue weighted by molar-refractivity contribution is 5.14.